The van der Waals surface area contributed by atoms with Gasteiger partial charge in [-0.2, -0.15) is 0 Å². The van der Waals surface area contributed by atoms with Gasteiger partial charge in [-0.1, -0.05) is 6.42 Å². The fourth-order valence-electron chi connectivity index (χ4n) is 3.40. The fraction of sp³-hybridized carbons (Fsp3) is 0.500. The summed E-state index contributed by atoms with van der Waals surface area (Å²) in [5.74, 6) is 1.23. The summed E-state index contributed by atoms with van der Waals surface area (Å²) >= 11 is 0. The number of fused-ring (bicyclic) bond motifs is 3. The molecule has 4 rings (SSSR count). The third-order valence-electron chi connectivity index (χ3n) is 4.82. The minimum absolute atomic E-state index is 0.830. The van der Waals surface area contributed by atoms with E-state index < -0.39 is 0 Å². The van der Waals surface area contributed by atoms with Crippen LogP contribution >= 0.6 is 0 Å². The van der Waals surface area contributed by atoms with Crippen LogP contribution in [0.1, 0.15) is 25.1 Å². The third kappa shape index (κ3) is 1.86. The molecule has 1 aromatic carbocycles. The van der Waals surface area contributed by atoms with Crippen LogP contribution in [0.5, 0.6) is 0 Å². The smallest absolute Gasteiger partial charge is 0.111 e. The summed E-state index contributed by atoms with van der Waals surface area (Å²) in [6.45, 7) is 6.96. The van der Waals surface area contributed by atoms with E-state index in [1.54, 1.807) is 0 Å². The fourth-order valence-corrected chi connectivity index (χ4v) is 3.40. The predicted molar refractivity (Wildman–Crippen MR) is 81.9 cm³/mol. The molecule has 0 unspecified atom stereocenters. The summed E-state index contributed by atoms with van der Waals surface area (Å²) in [5.41, 5.74) is 3.23. The number of hydrogen-bond acceptors (Lipinski definition) is 3. The Morgan fingerprint density at radius 3 is 2.85 bits per heavy atom. The van der Waals surface area contributed by atoms with Crippen molar-refractivity contribution in [2.45, 2.75) is 38.3 Å². The lowest BCUT2D eigenvalue weighted by molar-refractivity contribution is 0.130. The molecule has 1 aromatic heterocycles. The molecule has 4 nitrogen and oxygen atoms in total. The summed E-state index contributed by atoms with van der Waals surface area (Å²) in [7, 11) is 0. The molecular formula is C16H20N4. The van der Waals surface area contributed by atoms with E-state index in [2.05, 4.69) is 33.3 Å². The van der Waals surface area contributed by atoms with E-state index in [1.807, 2.05) is 6.07 Å². The summed E-state index contributed by atoms with van der Waals surface area (Å²) in [6.07, 6.45) is 5.23. The highest BCUT2D eigenvalue weighted by molar-refractivity contribution is 5.80. The molecule has 1 aliphatic heterocycles. The van der Waals surface area contributed by atoms with Crippen molar-refractivity contribution >= 4 is 23.4 Å². The first-order valence-electron chi connectivity index (χ1n) is 7.55. The second kappa shape index (κ2) is 4.70. The number of aliphatic imine (C=N–C) groups is 1. The Bertz CT molecular complexity index is 654. The Balaban J connectivity index is 1.68. The van der Waals surface area contributed by atoms with Gasteiger partial charge in [-0.25, -0.2) is 4.98 Å². The third-order valence-corrected chi connectivity index (χ3v) is 4.82. The van der Waals surface area contributed by atoms with Gasteiger partial charge >= 0.3 is 0 Å². The monoisotopic (exact) mass is 268 g/mol. The molecule has 2 aromatic rings. The molecule has 4 heteroatoms. The van der Waals surface area contributed by atoms with Crippen molar-refractivity contribution in [2.24, 2.45) is 4.99 Å². The van der Waals surface area contributed by atoms with Crippen LogP contribution in [-0.2, 0) is 13.0 Å². The van der Waals surface area contributed by atoms with E-state index in [0.29, 0.717) is 0 Å². The number of imidazole rings is 1. The van der Waals surface area contributed by atoms with Crippen LogP contribution in [0, 0.1) is 0 Å². The molecule has 2 aliphatic rings. The molecule has 104 valence electrons. The van der Waals surface area contributed by atoms with Crippen molar-refractivity contribution in [2.75, 3.05) is 13.1 Å². The van der Waals surface area contributed by atoms with Crippen molar-refractivity contribution in [1.29, 1.82) is 0 Å². The van der Waals surface area contributed by atoms with Crippen molar-refractivity contribution < 1.29 is 0 Å². The Morgan fingerprint density at radius 1 is 1.20 bits per heavy atom. The van der Waals surface area contributed by atoms with Gasteiger partial charge in [-0.05, 0) is 37.8 Å². The zero-order chi connectivity index (χ0) is 13.5. The number of hydrogen-bond donors (Lipinski definition) is 0. The molecule has 1 aliphatic carbocycles. The maximum atomic E-state index is 4.80. The average molecular weight is 268 g/mol. The van der Waals surface area contributed by atoms with Crippen molar-refractivity contribution in [3.05, 3.63) is 24.0 Å². The van der Waals surface area contributed by atoms with Gasteiger partial charge in [0.25, 0.3) is 0 Å². The molecule has 0 atom stereocenters. The van der Waals surface area contributed by atoms with Crippen LogP contribution < -0.4 is 0 Å². The van der Waals surface area contributed by atoms with Crippen LogP contribution in [0.25, 0.3) is 11.0 Å². The molecule has 1 fully saturated rings. The van der Waals surface area contributed by atoms with Crippen molar-refractivity contribution in [3.63, 3.8) is 0 Å². The summed E-state index contributed by atoms with van der Waals surface area (Å²) in [6, 6.07) is 6.99. The molecule has 0 spiro atoms. The second-order valence-corrected chi connectivity index (χ2v) is 5.88. The van der Waals surface area contributed by atoms with Crippen LogP contribution in [0.2, 0.25) is 0 Å². The molecular weight excluding hydrogens is 248 g/mol. The highest BCUT2D eigenvalue weighted by Crippen LogP contribution is 2.28. The normalized spacial score (nSPS) is 20.4. The van der Waals surface area contributed by atoms with E-state index in [0.717, 1.165) is 43.3 Å². The number of nitrogens with zero attached hydrogens (tertiary/aromatic N) is 4. The molecule has 0 amide bonds. The molecule has 2 heterocycles. The second-order valence-electron chi connectivity index (χ2n) is 5.88. The molecule has 1 saturated carbocycles. The van der Waals surface area contributed by atoms with Gasteiger partial charge in [0.05, 0.1) is 16.7 Å². The summed E-state index contributed by atoms with van der Waals surface area (Å²) < 4.78 is 2.38. The lowest BCUT2D eigenvalue weighted by Crippen LogP contribution is -2.41. The maximum Gasteiger partial charge on any atom is 0.111 e. The van der Waals surface area contributed by atoms with E-state index >= 15 is 0 Å². The minimum Gasteiger partial charge on any atom is -0.327 e. The van der Waals surface area contributed by atoms with Crippen molar-refractivity contribution in [3.8, 4) is 0 Å². The summed E-state index contributed by atoms with van der Waals surface area (Å²) in [5, 5.41) is 0. The van der Waals surface area contributed by atoms with Crippen LogP contribution in [0.3, 0.4) is 0 Å². The highest BCUT2D eigenvalue weighted by Gasteiger charge is 2.27. The van der Waals surface area contributed by atoms with Gasteiger partial charge in [0.1, 0.15) is 5.82 Å². The maximum absolute atomic E-state index is 4.80. The number of aromatic nitrogens is 2. The highest BCUT2D eigenvalue weighted by atomic mass is 15.2. The van der Waals surface area contributed by atoms with Gasteiger partial charge in [-0.3, -0.25) is 9.89 Å². The zero-order valence-corrected chi connectivity index (χ0v) is 11.8. The number of rotatable bonds is 2. The Hall–Kier alpha value is -1.68. The molecule has 0 bridgehead atoms. The topological polar surface area (TPSA) is 33.4 Å². The predicted octanol–water partition coefficient (Wildman–Crippen LogP) is 2.78. The Kier molecular flexibility index (Phi) is 2.84. The van der Waals surface area contributed by atoms with Crippen LogP contribution in [0.4, 0.5) is 5.69 Å². The zero-order valence-electron chi connectivity index (χ0n) is 11.8. The summed E-state index contributed by atoms with van der Waals surface area (Å²) in [4.78, 5) is 11.5. The van der Waals surface area contributed by atoms with E-state index in [1.165, 1.54) is 30.6 Å². The average Bonchev–Trinajstić information content (AvgIpc) is 2.64. The van der Waals surface area contributed by atoms with E-state index in [4.69, 9.17) is 4.98 Å². The van der Waals surface area contributed by atoms with Gasteiger partial charge < -0.3 is 4.57 Å². The Labute approximate surface area is 119 Å². The van der Waals surface area contributed by atoms with Gasteiger partial charge in [0.2, 0.25) is 0 Å². The first-order valence-corrected chi connectivity index (χ1v) is 7.55. The first kappa shape index (κ1) is 12.1. The lowest BCUT2D eigenvalue weighted by Gasteiger charge is -2.36. The quantitative estimate of drug-likeness (QED) is 0.785. The van der Waals surface area contributed by atoms with Gasteiger partial charge in [0, 0.05) is 32.1 Å². The van der Waals surface area contributed by atoms with E-state index in [9.17, 15) is 0 Å². The standard InChI is InChI=1S/C16H20N4/c1-17-12-5-6-14-15(11-12)20-10-9-19(13-3-2-4-13)8-7-16(20)18-14/h5-6,11,13H,1-4,7-10H2. The molecule has 0 N–H and O–H groups in total. The molecule has 0 saturated heterocycles. The first-order chi connectivity index (χ1) is 9.85. The Morgan fingerprint density at radius 2 is 2.10 bits per heavy atom. The lowest BCUT2D eigenvalue weighted by atomic mass is 9.91. The van der Waals surface area contributed by atoms with Crippen molar-refractivity contribution in [1.82, 2.24) is 14.5 Å². The minimum atomic E-state index is 0.830. The van der Waals surface area contributed by atoms with Crippen LogP contribution in [-0.4, -0.2) is 40.3 Å². The van der Waals surface area contributed by atoms with Crippen LogP contribution in [0.15, 0.2) is 23.2 Å². The number of benzene rings is 1. The van der Waals surface area contributed by atoms with Gasteiger partial charge in [-0.15, -0.1) is 0 Å². The SMILES string of the molecule is C=Nc1ccc2nc3n(c2c1)CCN(C1CCC1)CC3. The molecule has 20 heavy (non-hydrogen) atoms. The van der Waals surface area contributed by atoms with Gasteiger partial charge in [0.15, 0.2) is 0 Å². The largest absolute Gasteiger partial charge is 0.327 e. The van der Waals surface area contributed by atoms with E-state index in [-0.39, 0.29) is 0 Å². The molecule has 0 radical (unpaired) electrons.